The van der Waals surface area contributed by atoms with Crippen molar-refractivity contribution in [2.24, 2.45) is 5.92 Å². The Morgan fingerprint density at radius 3 is 2.76 bits per heavy atom. The van der Waals surface area contributed by atoms with Gasteiger partial charge in [-0.15, -0.1) is 0 Å². The largest absolute Gasteiger partial charge is 0.472 e. The van der Waals surface area contributed by atoms with Crippen molar-refractivity contribution < 1.29 is 14.4 Å². The standard InChI is InChI=1S/C18H26ClN3O3/c1-24-22-9-6-14(7-10-22)11-18(23)21-8-2-3-16(13-21)25-17-5-4-15(19)12-20-17/h4-5,12,14,16H,2-3,6-11,13H2,1H3. The van der Waals surface area contributed by atoms with Crippen LogP contribution in [0.4, 0.5) is 0 Å². The Balaban J connectivity index is 1.47. The van der Waals surface area contributed by atoms with Crippen molar-refractivity contribution in [3.05, 3.63) is 23.4 Å². The Bertz CT molecular complexity index is 561. The van der Waals surface area contributed by atoms with Gasteiger partial charge < -0.3 is 14.5 Å². The summed E-state index contributed by atoms with van der Waals surface area (Å²) in [6, 6.07) is 3.54. The van der Waals surface area contributed by atoms with Crippen LogP contribution in [-0.2, 0) is 9.63 Å². The molecule has 0 aromatic carbocycles. The van der Waals surface area contributed by atoms with Crippen LogP contribution in [0.2, 0.25) is 5.02 Å². The molecule has 0 N–H and O–H groups in total. The van der Waals surface area contributed by atoms with Gasteiger partial charge in [0.1, 0.15) is 6.10 Å². The molecular weight excluding hydrogens is 342 g/mol. The molecule has 7 heteroatoms. The number of pyridine rings is 1. The maximum atomic E-state index is 12.7. The molecule has 0 spiro atoms. The van der Waals surface area contributed by atoms with Crippen molar-refractivity contribution in [1.29, 1.82) is 0 Å². The number of hydrogen-bond acceptors (Lipinski definition) is 5. The van der Waals surface area contributed by atoms with E-state index in [9.17, 15) is 4.79 Å². The van der Waals surface area contributed by atoms with Gasteiger partial charge >= 0.3 is 0 Å². The molecule has 2 fully saturated rings. The summed E-state index contributed by atoms with van der Waals surface area (Å²) in [7, 11) is 1.70. The highest BCUT2D eigenvalue weighted by molar-refractivity contribution is 6.30. The Hall–Kier alpha value is -1.37. The van der Waals surface area contributed by atoms with Crippen molar-refractivity contribution in [2.45, 2.75) is 38.2 Å². The number of hydroxylamine groups is 2. The molecule has 2 saturated heterocycles. The second kappa shape index (κ2) is 8.83. The third-order valence-corrected chi connectivity index (χ3v) is 5.24. The third kappa shape index (κ3) is 5.30. The van der Waals surface area contributed by atoms with Crippen LogP contribution in [0.25, 0.3) is 0 Å². The number of halogens is 1. The fraction of sp³-hybridized carbons (Fsp3) is 0.667. The van der Waals surface area contributed by atoms with Crippen molar-refractivity contribution in [3.63, 3.8) is 0 Å². The number of ether oxygens (including phenoxy) is 1. The van der Waals surface area contributed by atoms with E-state index in [4.69, 9.17) is 21.2 Å². The van der Waals surface area contributed by atoms with E-state index in [1.54, 1.807) is 25.4 Å². The van der Waals surface area contributed by atoms with Gasteiger partial charge in [-0.1, -0.05) is 11.6 Å². The summed E-state index contributed by atoms with van der Waals surface area (Å²) in [5.74, 6) is 1.27. The molecule has 0 saturated carbocycles. The van der Waals surface area contributed by atoms with Gasteiger partial charge in [0.05, 0.1) is 18.7 Å². The Labute approximate surface area is 154 Å². The number of aromatic nitrogens is 1. The van der Waals surface area contributed by atoms with Gasteiger partial charge in [-0.25, -0.2) is 4.98 Å². The number of rotatable bonds is 5. The SMILES string of the molecule is CON1CCC(CC(=O)N2CCCC(Oc3ccc(Cl)cn3)C2)CC1. The monoisotopic (exact) mass is 367 g/mol. The highest BCUT2D eigenvalue weighted by Crippen LogP contribution is 2.23. The minimum Gasteiger partial charge on any atom is -0.472 e. The van der Waals surface area contributed by atoms with E-state index in [-0.39, 0.29) is 12.0 Å². The maximum Gasteiger partial charge on any atom is 0.222 e. The van der Waals surface area contributed by atoms with E-state index in [2.05, 4.69) is 4.98 Å². The minimum atomic E-state index is 0.00159. The molecule has 0 aliphatic carbocycles. The predicted molar refractivity (Wildman–Crippen MR) is 95.4 cm³/mol. The van der Waals surface area contributed by atoms with Gasteiger partial charge in [0, 0.05) is 38.3 Å². The Morgan fingerprint density at radius 2 is 2.08 bits per heavy atom. The molecule has 1 amide bonds. The first-order valence-electron chi connectivity index (χ1n) is 8.99. The summed E-state index contributed by atoms with van der Waals surface area (Å²) < 4.78 is 5.92. The normalized spacial score (nSPS) is 22.8. The zero-order valence-corrected chi connectivity index (χ0v) is 15.5. The minimum absolute atomic E-state index is 0.00159. The van der Waals surface area contributed by atoms with Crippen LogP contribution < -0.4 is 4.74 Å². The number of amides is 1. The van der Waals surface area contributed by atoms with Gasteiger partial charge in [0.25, 0.3) is 0 Å². The van der Waals surface area contributed by atoms with E-state index < -0.39 is 0 Å². The van der Waals surface area contributed by atoms with Gasteiger partial charge in [-0.05, 0) is 37.7 Å². The number of carbonyl (C=O) groups is 1. The lowest BCUT2D eigenvalue weighted by molar-refractivity contribution is -0.152. The molecule has 1 aromatic heterocycles. The van der Waals surface area contributed by atoms with Crippen LogP contribution in [-0.4, -0.2) is 60.2 Å². The van der Waals surface area contributed by atoms with Crippen molar-refractivity contribution in [2.75, 3.05) is 33.3 Å². The number of likely N-dealkylation sites (tertiary alicyclic amines) is 1. The summed E-state index contributed by atoms with van der Waals surface area (Å²) in [6.45, 7) is 3.27. The van der Waals surface area contributed by atoms with Crippen molar-refractivity contribution in [3.8, 4) is 5.88 Å². The number of hydrogen-bond donors (Lipinski definition) is 0. The molecule has 6 nitrogen and oxygen atoms in total. The van der Waals surface area contributed by atoms with Crippen LogP contribution in [0.15, 0.2) is 18.3 Å². The Kier molecular flexibility index (Phi) is 6.51. The van der Waals surface area contributed by atoms with Gasteiger partial charge in [0.2, 0.25) is 11.8 Å². The second-order valence-electron chi connectivity index (χ2n) is 6.80. The summed E-state index contributed by atoms with van der Waals surface area (Å²) >= 11 is 5.85. The molecule has 0 radical (unpaired) electrons. The molecule has 3 rings (SSSR count). The van der Waals surface area contributed by atoms with Gasteiger partial charge in [-0.3, -0.25) is 4.79 Å². The average molecular weight is 368 g/mol. The fourth-order valence-corrected chi connectivity index (χ4v) is 3.65. The smallest absolute Gasteiger partial charge is 0.222 e. The van der Waals surface area contributed by atoms with Crippen molar-refractivity contribution >= 4 is 17.5 Å². The van der Waals surface area contributed by atoms with Crippen LogP contribution in [0.5, 0.6) is 5.88 Å². The third-order valence-electron chi connectivity index (χ3n) is 5.01. The number of piperidine rings is 2. The summed E-state index contributed by atoms with van der Waals surface area (Å²) in [6.07, 6.45) is 6.15. The quantitative estimate of drug-likeness (QED) is 0.801. The molecule has 1 aromatic rings. The van der Waals surface area contributed by atoms with E-state index in [0.29, 0.717) is 29.8 Å². The van der Waals surface area contributed by atoms with Crippen molar-refractivity contribution in [1.82, 2.24) is 14.9 Å². The van der Waals surface area contributed by atoms with Crippen LogP contribution in [0, 0.1) is 5.92 Å². The second-order valence-corrected chi connectivity index (χ2v) is 7.23. The molecule has 2 aliphatic rings. The molecule has 2 aliphatic heterocycles. The van der Waals surface area contributed by atoms with Crippen LogP contribution in [0.3, 0.4) is 0 Å². The van der Waals surface area contributed by atoms with E-state index >= 15 is 0 Å². The topological polar surface area (TPSA) is 54.9 Å². The lowest BCUT2D eigenvalue weighted by Gasteiger charge is -2.35. The summed E-state index contributed by atoms with van der Waals surface area (Å²) in [5, 5.41) is 2.55. The fourth-order valence-electron chi connectivity index (χ4n) is 3.54. The molecule has 138 valence electrons. The average Bonchev–Trinajstić information content (AvgIpc) is 2.64. The lowest BCUT2D eigenvalue weighted by atomic mass is 9.93. The first-order valence-corrected chi connectivity index (χ1v) is 9.37. The van der Waals surface area contributed by atoms with E-state index in [1.807, 2.05) is 9.96 Å². The van der Waals surface area contributed by atoms with Crippen LogP contribution >= 0.6 is 11.6 Å². The lowest BCUT2D eigenvalue weighted by Crippen LogP contribution is -2.45. The number of carbonyl (C=O) groups excluding carboxylic acids is 1. The first-order chi connectivity index (χ1) is 12.1. The summed E-state index contributed by atoms with van der Waals surface area (Å²) in [5.41, 5.74) is 0. The zero-order valence-electron chi connectivity index (χ0n) is 14.7. The molecule has 0 bridgehead atoms. The molecule has 1 unspecified atom stereocenters. The first kappa shape index (κ1) is 18.4. The highest BCUT2D eigenvalue weighted by atomic mass is 35.5. The predicted octanol–water partition coefficient (Wildman–Crippen LogP) is 2.77. The molecule has 3 heterocycles. The van der Waals surface area contributed by atoms with Gasteiger partial charge in [0.15, 0.2) is 0 Å². The highest BCUT2D eigenvalue weighted by Gasteiger charge is 2.28. The maximum absolute atomic E-state index is 12.7. The molecular formula is C18H26ClN3O3. The van der Waals surface area contributed by atoms with Crippen LogP contribution in [0.1, 0.15) is 32.1 Å². The summed E-state index contributed by atoms with van der Waals surface area (Å²) in [4.78, 5) is 24.0. The number of nitrogens with zero attached hydrogens (tertiary/aromatic N) is 3. The van der Waals surface area contributed by atoms with E-state index in [0.717, 1.165) is 45.3 Å². The van der Waals surface area contributed by atoms with E-state index in [1.165, 1.54) is 0 Å². The Morgan fingerprint density at radius 1 is 1.28 bits per heavy atom. The molecule has 1 atom stereocenters. The molecule has 25 heavy (non-hydrogen) atoms. The van der Waals surface area contributed by atoms with Gasteiger partial charge in [-0.2, -0.15) is 5.06 Å². The zero-order chi connectivity index (χ0) is 17.6.